The molecule has 9 nitrogen and oxygen atoms in total. The molecule has 1 aliphatic rings. The van der Waals surface area contributed by atoms with Crippen molar-refractivity contribution in [1.29, 1.82) is 0 Å². The minimum atomic E-state index is -0.696. The van der Waals surface area contributed by atoms with Crippen molar-refractivity contribution in [2.45, 2.75) is 110 Å². The van der Waals surface area contributed by atoms with Crippen LogP contribution >= 0.6 is 0 Å². The number of esters is 1. The topological polar surface area (TPSA) is 114 Å². The first kappa shape index (κ1) is 29.4. The van der Waals surface area contributed by atoms with Crippen LogP contribution in [0.2, 0.25) is 0 Å². The zero-order valence-electron chi connectivity index (χ0n) is 23.0. The lowest BCUT2D eigenvalue weighted by atomic mass is 9.98. The van der Waals surface area contributed by atoms with Gasteiger partial charge in [-0.1, -0.05) is 24.3 Å². The second-order valence-corrected chi connectivity index (χ2v) is 12.2. The van der Waals surface area contributed by atoms with Gasteiger partial charge >= 0.3 is 18.2 Å². The van der Waals surface area contributed by atoms with Gasteiger partial charge in [0.1, 0.15) is 16.8 Å². The summed E-state index contributed by atoms with van der Waals surface area (Å²) in [4.78, 5) is 39.3. The van der Waals surface area contributed by atoms with Gasteiger partial charge in [0.15, 0.2) is 0 Å². The summed E-state index contributed by atoms with van der Waals surface area (Å²) in [5, 5.41) is 13.0. The average molecular weight is 507 g/mol. The summed E-state index contributed by atoms with van der Waals surface area (Å²) >= 11 is 0. The molecule has 0 spiro atoms. The van der Waals surface area contributed by atoms with Crippen LogP contribution in [0.15, 0.2) is 24.3 Å². The Labute approximate surface area is 214 Å². The van der Waals surface area contributed by atoms with Gasteiger partial charge < -0.3 is 24.6 Å². The van der Waals surface area contributed by atoms with E-state index >= 15 is 0 Å². The molecule has 0 radical (unpaired) electrons. The largest absolute Gasteiger partial charge is 0.460 e. The van der Waals surface area contributed by atoms with E-state index in [4.69, 9.17) is 14.2 Å². The lowest BCUT2D eigenvalue weighted by Gasteiger charge is -2.29. The summed E-state index contributed by atoms with van der Waals surface area (Å²) in [7, 11) is 0. The number of rotatable bonds is 5. The average Bonchev–Trinajstić information content (AvgIpc) is 3.05. The Kier molecular flexibility index (Phi) is 9.05. The number of alkyl carbamates (subject to hydrolysis) is 1. The van der Waals surface area contributed by atoms with Crippen LogP contribution < -0.4 is 5.32 Å². The van der Waals surface area contributed by atoms with E-state index in [1.165, 1.54) is 4.90 Å². The molecule has 1 aromatic carbocycles. The van der Waals surface area contributed by atoms with Crippen LogP contribution in [-0.4, -0.2) is 57.6 Å². The number of aliphatic hydroxyl groups excluding tert-OH is 1. The van der Waals surface area contributed by atoms with E-state index in [9.17, 15) is 19.5 Å². The van der Waals surface area contributed by atoms with E-state index in [0.717, 1.165) is 5.56 Å². The van der Waals surface area contributed by atoms with Gasteiger partial charge in [0.2, 0.25) is 0 Å². The van der Waals surface area contributed by atoms with Crippen molar-refractivity contribution in [3.05, 3.63) is 35.4 Å². The number of nitrogens with one attached hydrogen (secondary N) is 1. The van der Waals surface area contributed by atoms with Crippen molar-refractivity contribution < 1.29 is 33.7 Å². The normalized spacial score (nSPS) is 19.4. The smallest absolute Gasteiger partial charge is 0.410 e. The molecule has 0 saturated carbocycles. The summed E-state index contributed by atoms with van der Waals surface area (Å²) < 4.78 is 16.3. The molecule has 1 fully saturated rings. The van der Waals surface area contributed by atoms with E-state index in [2.05, 4.69) is 5.32 Å². The van der Waals surface area contributed by atoms with Crippen LogP contribution in [0.3, 0.4) is 0 Å². The number of benzene rings is 1. The molecule has 2 rings (SSSR count). The summed E-state index contributed by atoms with van der Waals surface area (Å²) in [6.07, 6.45) is -1.48. The minimum absolute atomic E-state index is 0.0813. The second-order valence-electron chi connectivity index (χ2n) is 12.2. The third-order valence-corrected chi connectivity index (χ3v) is 5.11. The quantitative estimate of drug-likeness (QED) is 0.425. The molecule has 3 atom stereocenters. The molecule has 0 aromatic heterocycles. The van der Waals surface area contributed by atoms with Gasteiger partial charge in [-0.25, -0.2) is 9.59 Å². The zero-order valence-corrected chi connectivity index (χ0v) is 23.0. The maximum absolute atomic E-state index is 12.7. The van der Waals surface area contributed by atoms with Crippen LogP contribution in [0.5, 0.6) is 0 Å². The van der Waals surface area contributed by atoms with Gasteiger partial charge in [-0.05, 0) is 79.9 Å². The molecule has 36 heavy (non-hydrogen) atoms. The van der Waals surface area contributed by atoms with Crippen LogP contribution in [0, 0.1) is 0 Å². The van der Waals surface area contributed by atoms with E-state index in [1.807, 2.05) is 12.1 Å². The first-order chi connectivity index (χ1) is 16.3. The monoisotopic (exact) mass is 506 g/mol. The van der Waals surface area contributed by atoms with E-state index in [0.29, 0.717) is 12.0 Å². The number of aliphatic hydroxyl groups is 1. The number of carbonyl (C=O) groups excluding carboxylic acids is 3. The fourth-order valence-electron chi connectivity index (χ4n) is 3.85. The number of hydrogen-bond acceptors (Lipinski definition) is 7. The molecule has 1 aliphatic heterocycles. The Hall–Kier alpha value is -2.81. The van der Waals surface area contributed by atoms with E-state index in [1.54, 1.807) is 74.4 Å². The maximum atomic E-state index is 12.7. The minimum Gasteiger partial charge on any atom is -0.460 e. The third-order valence-electron chi connectivity index (χ3n) is 5.11. The van der Waals surface area contributed by atoms with Crippen LogP contribution in [0.25, 0.3) is 0 Å². The molecule has 0 unspecified atom stereocenters. The van der Waals surface area contributed by atoms with Crippen molar-refractivity contribution in [1.82, 2.24) is 10.2 Å². The molecular weight excluding hydrogens is 464 g/mol. The van der Waals surface area contributed by atoms with Gasteiger partial charge in [-0.2, -0.15) is 0 Å². The molecule has 9 heteroatoms. The predicted octanol–water partition coefficient (Wildman–Crippen LogP) is 5.03. The summed E-state index contributed by atoms with van der Waals surface area (Å²) in [5.41, 5.74) is -0.515. The molecule has 202 valence electrons. The van der Waals surface area contributed by atoms with E-state index < -0.39 is 47.1 Å². The molecule has 0 aliphatic carbocycles. The molecule has 1 aromatic rings. The number of ether oxygens (including phenoxy) is 3. The van der Waals surface area contributed by atoms with Crippen LogP contribution in [0.4, 0.5) is 9.59 Å². The summed E-state index contributed by atoms with van der Waals surface area (Å²) in [6, 6.07) is 6.20. The van der Waals surface area contributed by atoms with Gasteiger partial charge in [-0.3, -0.25) is 9.69 Å². The van der Waals surface area contributed by atoms with E-state index in [-0.39, 0.29) is 19.0 Å². The highest BCUT2D eigenvalue weighted by Gasteiger charge is 2.38. The first-order valence-corrected chi connectivity index (χ1v) is 12.3. The van der Waals surface area contributed by atoms with Crippen LogP contribution in [0.1, 0.15) is 98.4 Å². The molecular formula is C27H42N2O7. The van der Waals surface area contributed by atoms with Gasteiger partial charge in [-0.15, -0.1) is 0 Å². The van der Waals surface area contributed by atoms with Gasteiger partial charge in [0.25, 0.3) is 0 Å². The summed E-state index contributed by atoms with van der Waals surface area (Å²) in [6.45, 7) is 16.2. The Morgan fingerprint density at radius 1 is 0.917 bits per heavy atom. The van der Waals surface area contributed by atoms with Crippen LogP contribution in [-0.2, 0) is 19.0 Å². The van der Waals surface area contributed by atoms with Crippen molar-refractivity contribution >= 4 is 18.2 Å². The fraction of sp³-hybridized carbons (Fsp3) is 0.667. The van der Waals surface area contributed by atoms with Crippen molar-refractivity contribution in [2.24, 2.45) is 0 Å². The molecule has 2 N–H and O–H groups in total. The lowest BCUT2D eigenvalue weighted by molar-refractivity contribution is -0.155. The number of nitrogens with zero attached hydrogens (tertiary/aromatic N) is 1. The maximum Gasteiger partial charge on any atom is 0.410 e. The Bertz CT molecular complexity index is 893. The number of likely N-dealkylation sites (tertiary alicyclic amines) is 1. The highest BCUT2D eigenvalue weighted by Crippen LogP contribution is 2.34. The fourth-order valence-corrected chi connectivity index (χ4v) is 3.85. The number of hydrogen-bond donors (Lipinski definition) is 2. The highest BCUT2D eigenvalue weighted by atomic mass is 16.6. The molecule has 1 heterocycles. The zero-order chi connectivity index (χ0) is 27.5. The Morgan fingerprint density at radius 3 is 1.94 bits per heavy atom. The SMILES string of the molecule is CC(C)(C)OC(=O)C[C@H](NC(=O)OC(C)(C)C)c1ccc([C@H]2C[C@@H](O)CN2C(=O)OC(C)(C)C)cc1. The highest BCUT2D eigenvalue weighted by molar-refractivity contribution is 5.74. The molecule has 1 saturated heterocycles. The van der Waals surface area contributed by atoms with Crippen molar-refractivity contribution in [3.63, 3.8) is 0 Å². The third kappa shape index (κ3) is 9.68. The van der Waals surface area contributed by atoms with Gasteiger partial charge in [0, 0.05) is 0 Å². The molecule has 2 amide bonds. The standard InChI is InChI=1S/C27H42N2O7/c1-25(2,3)34-22(31)15-20(28-23(32)35-26(4,5)6)17-10-12-18(13-11-17)21-14-19(30)16-29(21)24(33)36-27(7,8)9/h10-13,19-21,30H,14-16H2,1-9H3,(H,28,32)/t19-,20+,21-/m1/s1. The Balaban J connectivity index is 2.25. The van der Waals surface area contributed by atoms with Crippen molar-refractivity contribution in [2.75, 3.05) is 6.54 Å². The predicted molar refractivity (Wildman–Crippen MR) is 135 cm³/mol. The Morgan fingerprint density at radius 2 is 1.44 bits per heavy atom. The number of β-amino-alcohol motifs (C(OH)–C–C–N with tert-alkyl or cyclic N) is 1. The first-order valence-electron chi connectivity index (χ1n) is 12.3. The summed E-state index contributed by atoms with van der Waals surface area (Å²) in [5.74, 6) is -0.456. The van der Waals surface area contributed by atoms with Gasteiger partial charge in [0.05, 0.1) is 31.2 Å². The lowest BCUT2D eigenvalue weighted by Crippen LogP contribution is -2.37. The molecule has 0 bridgehead atoms. The van der Waals surface area contributed by atoms with Crippen molar-refractivity contribution in [3.8, 4) is 0 Å². The number of carbonyl (C=O) groups is 3. The number of amides is 2. The second kappa shape index (κ2) is 11.1.